The van der Waals surface area contributed by atoms with Crippen LogP contribution in [0.25, 0.3) is 0 Å². The van der Waals surface area contributed by atoms with Gasteiger partial charge in [0, 0.05) is 24.8 Å². The molecule has 5 N–H and O–H groups in total. The van der Waals surface area contributed by atoms with E-state index in [0.717, 1.165) is 13.1 Å². The predicted molar refractivity (Wildman–Crippen MR) is 82.4 cm³/mol. The fourth-order valence-corrected chi connectivity index (χ4v) is 2.59. The summed E-state index contributed by atoms with van der Waals surface area (Å²) in [7, 11) is 0. The highest BCUT2D eigenvalue weighted by atomic mass is 15.2. The van der Waals surface area contributed by atoms with Gasteiger partial charge in [-0.2, -0.15) is 15.0 Å². The zero-order chi connectivity index (χ0) is 14.8. The van der Waals surface area contributed by atoms with E-state index < -0.39 is 0 Å². The molecule has 0 saturated carbocycles. The van der Waals surface area contributed by atoms with Gasteiger partial charge < -0.3 is 21.7 Å². The lowest BCUT2D eigenvalue weighted by Crippen LogP contribution is -2.36. The monoisotopic (exact) mass is 285 g/mol. The van der Waals surface area contributed by atoms with E-state index in [2.05, 4.69) is 44.2 Å². The standard InChI is InChI=1S/C14H19N7/c1-9-7-21(8-12-18-13(15)20-14(16)19-12)11-5-3-2-4-10(11)6-17-9/h2-5,9,17H,6-8H2,1H3,(H4,15,16,18,19,20). The van der Waals surface area contributed by atoms with Crippen molar-refractivity contribution in [2.24, 2.45) is 0 Å². The largest absolute Gasteiger partial charge is 0.368 e. The Labute approximate surface area is 123 Å². The van der Waals surface area contributed by atoms with Gasteiger partial charge in [-0.1, -0.05) is 18.2 Å². The molecule has 21 heavy (non-hydrogen) atoms. The van der Waals surface area contributed by atoms with Crippen LogP contribution < -0.4 is 21.7 Å². The van der Waals surface area contributed by atoms with Crippen molar-refractivity contribution in [3.63, 3.8) is 0 Å². The molecular formula is C14H19N7. The molecule has 7 heteroatoms. The lowest BCUT2D eigenvalue weighted by atomic mass is 10.1. The summed E-state index contributed by atoms with van der Waals surface area (Å²) in [5.74, 6) is 0.905. The van der Waals surface area contributed by atoms with Gasteiger partial charge in [-0.3, -0.25) is 0 Å². The zero-order valence-electron chi connectivity index (χ0n) is 12.0. The van der Waals surface area contributed by atoms with Gasteiger partial charge >= 0.3 is 0 Å². The molecule has 7 nitrogen and oxygen atoms in total. The van der Waals surface area contributed by atoms with Crippen LogP contribution in [-0.4, -0.2) is 27.5 Å². The van der Waals surface area contributed by atoms with Crippen molar-refractivity contribution in [3.05, 3.63) is 35.7 Å². The molecule has 0 fully saturated rings. The summed E-state index contributed by atoms with van der Waals surface area (Å²) in [6, 6.07) is 8.70. The average molecular weight is 285 g/mol. The van der Waals surface area contributed by atoms with Gasteiger partial charge in [0.05, 0.1) is 6.54 Å². The average Bonchev–Trinajstić information content (AvgIpc) is 2.58. The van der Waals surface area contributed by atoms with Crippen molar-refractivity contribution in [3.8, 4) is 0 Å². The third kappa shape index (κ3) is 3.03. The van der Waals surface area contributed by atoms with Gasteiger partial charge in [-0.15, -0.1) is 0 Å². The number of rotatable bonds is 2. The zero-order valence-corrected chi connectivity index (χ0v) is 12.0. The number of aromatic nitrogens is 3. The van der Waals surface area contributed by atoms with E-state index in [-0.39, 0.29) is 11.9 Å². The van der Waals surface area contributed by atoms with Crippen LogP contribution in [0.4, 0.5) is 17.6 Å². The van der Waals surface area contributed by atoms with Gasteiger partial charge in [0.1, 0.15) is 0 Å². The van der Waals surface area contributed by atoms with Crippen molar-refractivity contribution < 1.29 is 0 Å². The third-order valence-electron chi connectivity index (χ3n) is 3.52. The minimum Gasteiger partial charge on any atom is -0.368 e. The summed E-state index contributed by atoms with van der Waals surface area (Å²) in [6.07, 6.45) is 0. The van der Waals surface area contributed by atoms with Crippen LogP contribution in [0.2, 0.25) is 0 Å². The first-order chi connectivity index (χ1) is 10.1. The van der Waals surface area contributed by atoms with Crippen LogP contribution in [0.3, 0.4) is 0 Å². The number of benzene rings is 1. The second kappa shape index (κ2) is 5.53. The lowest BCUT2D eigenvalue weighted by molar-refractivity contribution is 0.549. The Balaban J connectivity index is 1.92. The number of fused-ring (bicyclic) bond motifs is 1. The van der Waals surface area contributed by atoms with Crippen molar-refractivity contribution in [2.45, 2.75) is 26.1 Å². The van der Waals surface area contributed by atoms with E-state index in [0.29, 0.717) is 18.4 Å². The normalized spacial score (nSPS) is 18.1. The summed E-state index contributed by atoms with van der Waals surface area (Å²) >= 11 is 0. The summed E-state index contributed by atoms with van der Waals surface area (Å²) in [4.78, 5) is 14.4. The third-order valence-corrected chi connectivity index (χ3v) is 3.52. The number of nitrogen functional groups attached to an aromatic ring is 2. The topological polar surface area (TPSA) is 106 Å². The van der Waals surface area contributed by atoms with Crippen LogP contribution in [0.1, 0.15) is 18.3 Å². The van der Waals surface area contributed by atoms with Gasteiger partial charge in [0.15, 0.2) is 5.82 Å². The molecule has 1 aliphatic heterocycles. The first kappa shape index (κ1) is 13.6. The maximum absolute atomic E-state index is 5.64. The first-order valence-corrected chi connectivity index (χ1v) is 6.94. The number of hydrogen-bond donors (Lipinski definition) is 3. The Kier molecular flexibility index (Phi) is 3.57. The Morgan fingerprint density at radius 2 is 1.90 bits per heavy atom. The summed E-state index contributed by atoms with van der Waals surface area (Å²) < 4.78 is 0. The van der Waals surface area contributed by atoms with Crippen LogP contribution >= 0.6 is 0 Å². The molecule has 1 unspecified atom stereocenters. The first-order valence-electron chi connectivity index (χ1n) is 6.94. The molecule has 0 aliphatic carbocycles. The second-order valence-corrected chi connectivity index (χ2v) is 5.26. The SMILES string of the molecule is CC1CN(Cc2nc(N)nc(N)n2)c2ccccc2CN1. The molecule has 1 atom stereocenters. The number of nitrogens with two attached hydrogens (primary N) is 2. The van der Waals surface area contributed by atoms with E-state index >= 15 is 0 Å². The van der Waals surface area contributed by atoms with E-state index in [4.69, 9.17) is 11.5 Å². The van der Waals surface area contributed by atoms with Crippen molar-refractivity contribution in [1.82, 2.24) is 20.3 Å². The van der Waals surface area contributed by atoms with E-state index in [9.17, 15) is 0 Å². The smallest absolute Gasteiger partial charge is 0.225 e. The van der Waals surface area contributed by atoms with E-state index in [1.165, 1.54) is 11.3 Å². The molecule has 2 aromatic rings. The van der Waals surface area contributed by atoms with Crippen LogP contribution in [0.15, 0.2) is 24.3 Å². The fraction of sp³-hybridized carbons (Fsp3) is 0.357. The summed E-state index contributed by atoms with van der Waals surface area (Å²) in [5.41, 5.74) is 13.7. The minimum absolute atomic E-state index is 0.159. The molecular weight excluding hydrogens is 266 g/mol. The van der Waals surface area contributed by atoms with Crippen LogP contribution in [0, 0.1) is 0 Å². The number of hydrogen-bond acceptors (Lipinski definition) is 7. The van der Waals surface area contributed by atoms with Gasteiger partial charge in [-0.05, 0) is 18.6 Å². The van der Waals surface area contributed by atoms with E-state index in [1.807, 2.05) is 12.1 Å². The molecule has 0 amide bonds. The highest BCUT2D eigenvalue weighted by Gasteiger charge is 2.19. The molecule has 2 heterocycles. The maximum atomic E-state index is 5.64. The van der Waals surface area contributed by atoms with Crippen molar-refractivity contribution >= 4 is 17.6 Å². The molecule has 1 aliphatic rings. The van der Waals surface area contributed by atoms with Gasteiger partial charge in [0.25, 0.3) is 0 Å². The Hall–Kier alpha value is -2.41. The second-order valence-electron chi connectivity index (χ2n) is 5.26. The molecule has 0 spiro atoms. The highest BCUT2D eigenvalue weighted by Crippen LogP contribution is 2.24. The molecule has 110 valence electrons. The summed E-state index contributed by atoms with van der Waals surface area (Å²) in [5, 5.41) is 3.49. The van der Waals surface area contributed by atoms with Gasteiger partial charge in [0.2, 0.25) is 11.9 Å². The van der Waals surface area contributed by atoms with Crippen LogP contribution in [0.5, 0.6) is 0 Å². The minimum atomic E-state index is 0.159. The number of nitrogens with zero attached hydrogens (tertiary/aromatic N) is 4. The number of anilines is 3. The summed E-state index contributed by atoms with van der Waals surface area (Å²) in [6.45, 7) is 4.44. The van der Waals surface area contributed by atoms with Crippen LogP contribution in [-0.2, 0) is 13.1 Å². The van der Waals surface area contributed by atoms with E-state index in [1.54, 1.807) is 0 Å². The lowest BCUT2D eigenvalue weighted by Gasteiger charge is -2.25. The van der Waals surface area contributed by atoms with Gasteiger partial charge in [-0.25, -0.2) is 0 Å². The molecule has 0 saturated heterocycles. The van der Waals surface area contributed by atoms with Crippen molar-refractivity contribution in [2.75, 3.05) is 22.9 Å². The Bertz CT molecular complexity index is 623. The maximum Gasteiger partial charge on any atom is 0.225 e. The number of para-hydroxylation sites is 1. The molecule has 0 bridgehead atoms. The molecule has 0 radical (unpaired) electrons. The molecule has 1 aromatic carbocycles. The molecule has 3 rings (SSSR count). The molecule has 1 aromatic heterocycles. The highest BCUT2D eigenvalue weighted by molar-refractivity contribution is 5.54. The van der Waals surface area contributed by atoms with Crippen molar-refractivity contribution in [1.29, 1.82) is 0 Å². The number of nitrogens with one attached hydrogen (secondary N) is 1. The fourth-order valence-electron chi connectivity index (χ4n) is 2.59. The Morgan fingerprint density at radius 1 is 1.19 bits per heavy atom. The quantitative estimate of drug-likeness (QED) is 0.739. The Morgan fingerprint density at radius 3 is 2.67 bits per heavy atom. The predicted octanol–water partition coefficient (Wildman–Crippen LogP) is 0.534.